The average Bonchev–Trinajstić information content (AvgIpc) is 3.23. The third-order valence-corrected chi connectivity index (χ3v) is 7.22. The molecule has 202 valence electrons. The van der Waals surface area contributed by atoms with Crippen LogP contribution in [0, 0.1) is 5.82 Å². The Kier molecular flexibility index (Phi) is 10.5. The predicted octanol–water partition coefficient (Wildman–Crippen LogP) is -0.0537. The molecule has 2 N–H and O–H groups in total. The van der Waals surface area contributed by atoms with Gasteiger partial charge in [0, 0.05) is 57.0 Å². The molecule has 1 unspecified atom stereocenters. The lowest BCUT2D eigenvalue weighted by molar-refractivity contribution is -0.136. The number of hydrogen-bond donors (Lipinski definition) is 2. The molecule has 38 heavy (non-hydrogen) atoms. The fourth-order valence-corrected chi connectivity index (χ4v) is 4.97. The standard InChI is InChI=1S/C27H37B2FN4O4/c1-3-4-8-21-20(18-34(26(21)37)23(10-6-13-35)25(36)31-2)17-32-16-19-7-5-9-22(24(19)30)27(28,29)33-11-14-38-15-12-33/h3-5,7-9,13,17,23,32H,6,10-12,14-16,18,28-29H2,1-2H3,(H,31,36)/b4-3-,20-17+,21-8+. The van der Waals surface area contributed by atoms with E-state index in [2.05, 4.69) is 15.5 Å². The molecule has 2 saturated heterocycles. The summed E-state index contributed by atoms with van der Waals surface area (Å²) in [7, 11) is 5.57. The zero-order valence-electron chi connectivity index (χ0n) is 22.8. The van der Waals surface area contributed by atoms with Crippen molar-refractivity contribution in [2.75, 3.05) is 39.9 Å². The number of likely N-dealkylation sites (N-methyl/N-ethyl adjacent to an activating group) is 1. The van der Waals surface area contributed by atoms with E-state index in [0.717, 1.165) is 19.4 Å². The first-order valence-electron chi connectivity index (χ1n) is 13.1. The average molecular weight is 522 g/mol. The van der Waals surface area contributed by atoms with E-state index in [1.807, 2.05) is 40.8 Å². The summed E-state index contributed by atoms with van der Waals surface area (Å²) in [5.74, 6) is -0.852. The number of allylic oxidation sites excluding steroid dienone is 3. The minimum atomic E-state index is -0.755. The monoisotopic (exact) mass is 522 g/mol. The molecular formula is C27H37B2FN4O4. The minimum absolute atomic E-state index is 0.170. The number of carbonyl (C=O) groups is 3. The number of carbonyl (C=O) groups excluding carboxylic acids is 3. The molecule has 8 nitrogen and oxygen atoms in total. The van der Waals surface area contributed by atoms with Gasteiger partial charge in [-0.25, -0.2) is 4.39 Å². The van der Waals surface area contributed by atoms with Crippen molar-refractivity contribution in [3.8, 4) is 0 Å². The molecule has 2 amide bonds. The summed E-state index contributed by atoms with van der Waals surface area (Å²) in [4.78, 5) is 40.4. The molecule has 0 radical (unpaired) electrons. The molecule has 0 aromatic heterocycles. The fraction of sp³-hybridized carbons (Fsp3) is 0.444. The summed E-state index contributed by atoms with van der Waals surface area (Å²) < 4.78 is 21.1. The number of ether oxygens (including phenoxy) is 1. The molecule has 0 bridgehead atoms. The van der Waals surface area contributed by atoms with E-state index >= 15 is 4.39 Å². The van der Waals surface area contributed by atoms with Crippen LogP contribution < -0.4 is 10.6 Å². The zero-order chi connectivity index (χ0) is 27.7. The first-order valence-corrected chi connectivity index (χ1v) is 13.1. The molecular weight excluding hydrogens is 485 g/mol. The molecule has 1 atom stereocenters. The van der Waals surface area contributed by atoms with Crippen LogP contribution in [0.4, 0.5) is 4.39 Å². The number of nitrogens with one attached hydrogen (secondary N) is 2. The largest absolute Gasteiger partial charge is 0.386 e. The highest BCUT2D eigenvalue weighted by atomic mass is 19.1. The lowest BCUT2D eigenvalue weighted by atomic mass is 9.56. The maximum atomic E-state index is 15.7. The number of nitrogens with zero attached hydrogens (tertiary/aromatic N) is 2. The number of morpholine rings is 1. The number of hydrogen-bond acceptors (Lipinski definition) is 6. The van der Waals surface area contributed by atoms with Crippen LogP contribution in [0.25, 0.3) is 0 Å². The highest BCUT2D eigenvalue weighted by Gasteiger charge is 2.38. The van der Waals surface area contributed by atoms with Crippen LogP contribution in [-0.2, 0) is 31.0 Å². The van der Waals surface area contributed by atoms with Crippen LogP contribution in [0.15, 0.2) is 53.8 Å². The highest BCUT2D eigenvalue weighted by Crippen LogP contribution is 2.29. The van der Waals surface area contributed by atoms with Gasteiger partial charge in [-0.1, -0.05) is 30.4 Å². The van der Waals surface area contributed by atoms with Crippen LogP contribution in [0.2, 0.25) is 0 Å². The van der Waals surface area contributed by atoms with Crippen molar-refractivity contribution in [3.63, 3.8) is 0 Å². The van der Waals surface area contributed by atoms with Gasteiger partial charge in [0.05, 0.1) is 13.2 Å². The Hall–Kier alpha value is -3.17. The van der Waals surface area contributed by atoms with E-state index in [9.17, 15) is 14.4 Å². The number of benzene rings is 1. The van der Waals surface area contributed by atoms with Crippen molar-refractivity contribution < 1.29 is 23.5 Å². The molecule has 2 fully saturated rings. The highest BCUT2D eigenvalue weighted by molar-refractivity contribution is 6.39. The van der Waals surface area contributed by atoms with Crippen LogP contribution >= 0.6 is 0 Å². The lowest BCUT2D eigenvalue weighted by Crippen LogP contribution is -2.52. The molecule has 1 aromatic rings. The second kappa shape index (κ2) is 13.6. The fourth-order valence-electron chi connectivity index (χ4n) is 4.97. The summed E-state index contributed by atoms with van der Waals surface area (Å²) in [6, 6.07) is 4.69. The maximum Gasteiger partial charge on any atom is 0.255 e. The van der Waals surface area contributed by atoms with Gasteiger partial charge in [-0.15, -0.1) is 0 Å². The molecule has 2 aliphatic heterocycles. The zero-order valence-corrected chi connectivity index (χ0v) is 22.8. The molecule has 2 aliphatic rings. The van der Waals surface area contributed by atoms with Gasteiger partial charge in [0.2, 0.25) is 5.91 Å². The topological polar surface area (TPSA) is 91.0 Å². The van der Waals surface area contributed by atoms with Gasteiger partial charge in [0.15, 0.2) is 0 Å². The van der Waals surface area contributed by atoms with Gasteiger partial charge in [-0.2, -0.15) is 0 Å². The van der Waals surface area contributed by atoms with Gasteiger partial charge in [-0.05, 0) is 35.9 Å². The molecule has 3 rings (SSSR count). The summed E-state index contributed by atoms with van der Waals surface area (Å²) in [6.45, 7) is 5.05. The van der Waals surface area contributed by atoms with Crippen molar-refractivity contribution in [2.45, 2.75) is 37.7 Å². The van der Waals surface area contributed by atoms with Gasteiger partial charge >= 0.3 is 0 Å². The van der Waals surface area contributed by atoms with Crippen LogP contribution in [-0.4, -0.2) is 89.5 Å². The Bertz CT molecular complexity index is 1120. The molecule has 11 heteroatoms. The number of likely N-dealkylation sites (tertiary alicyclic amines) is 1. The number of rotatable bonds is 11. The van der Waals surface area contributed by atoms with E-state index in [0.29, 0.717) is 35.5 Å². The summed E-state index contributed by atoms with van der Waals surface area (Å²) in [6.07, 6.45) is 8.16. The number of amides is 2. The van der Waals surface area contributed by atoms with E-state index < -0.39 is 11.4 Å². The number of aldehydes is 1. The lowest BCUT2D eigenvalue weighted by Gasteiger charge is -2.42. The van der Waals surface area contributed by atoms with E-state index in [-0.39, 0.29) is 43.6 Å². The van der Waals surface area contributed by atoms with Gasteiger partial charge in [-0.3, -0.25) is 9.59 Å². The second-order valence-electron chi connectivity index (χ2n) is 9.90. The molecule has 1 aromatic carbocycles. The Morgan fingerprint density at radius 3 is 2.68 bits per heavy atom. The van der Waals surface area contributed by atoms with E-state index in [4.69, 9.17) is 4.74 Å². The quantitative estimate of drug-likeness (QED) is 0.241. The molecule has 0 saturated carbocycles. The van der Waals surface area contributed by atoms with E-state index in [1.54, 1.807) is 24.4 Å². The first-order chi connectivity index (χ1) is 18.3. The summed E-state index contributed by atoms with van der Waals surface area (Å²) in [5, 5.41) is 5.28. The summed E-state index contributed by atoms with van der Waals surface area (Å²) >= 11 is 0. The third-order valence-electron chi connectivity index (χ3n) is 7.22. The van der Waals surface area contributed by atoms with Crippen molar-refractivity contribution in [2.24, 2.45) is 0 Å². The summed E-state index contributed by atoms with van der Waals surface area (Å²) in [5.41, 5.74) is 2.30. The van der Waals surface area contributed by atoms with E-state index in [1.165, 1.54) is 11.9 Å². The second-order valence-corrected chi connectivity index (χ2v) is 9.90. The smallest absolute Gasteiger partial charge is 0.255 e. The predicted molar refractivity (Wildman–Crippen MR) is 150 cm³/mol. The Morgan fingerprint density at radius 1 is 1.29 bits per heavy atom. The maximum absolute atomic E-state index is 15.7. The Balaban J connectivity index is 1.81. The SMILES string of the molecule is BC(B)(c1cccc(CN\C=C2/CN(C(CCC=O)C(=O)NC)C(=O)/C2=C/C=C\C)c1F)N1CCOCC1. The molecule has 0 spiro atoms. The van der Waals surface area contributed by atoms with Gasteiger partial charge in [0.25, 0.3) is 5.91 Å². The van der Waals surface area contributed by atoms with Crippen LogP contribution in [0.3, 0.4) is 0 Å². The van der Waals surface area contributed by atoms with Gasteiger partial charge in [0.1, 0.15) is 33.8 Å². The minimum Gasteiger partial charge on any atom is -0.386 e. The van der Waals surface area contributed by atoms with Crippen molar-refractivity contribution in [3.05, 3.63) is 70.7 Å². The number of halogens is 1. The molecule has 2 heterocycles. The van der Waals surface area contributed by atoms with Crippen molar-refractivity contribution in [1.82, 2.24) is 20.4 Å². The van der Waals surface area contributed by atoms with Crippen LogP contribution in [0.1, 0.15) is 30.9 Å². The Labute approximate surface area is 226 Å². The Morgan fingerprint density at radius 2 is 2.03 bits per heavy atom. The first kappa shape index (κ1) is 29.4. The third kappa shape index (κ3) is 6.63. The van der Waals surface area contributed by atoms with Crippen molar-refractivity contribution >= 4 is 33.8 Å². The van der Waals surface area contributed by atoms with Crippen LogP contribution in [0.5, 0.6) is 0 Å². The van der Waals surface area contributed by atoms with Gasteiger partial charge < -0.3 is 30.0 Å². The van der Waals surface area contributed by atoms with Crippen molar-refractivity contribution in [1.29, 1.82) is 0 Å². The molecule has 0 aliphatic carbocycles. The normalized spacial score (nSPS) is 19.9.